The zero-order valence-corrected chi connectivity index (χ0v) is 13.0. The van der Waals surface area contributed by atoms with Gasteiger partial charge in [-0.1, -0.05) is 19.1 Å². The van der Waals surface area contributed by atoms with Crippen LogP contribution in [0.25, 0.3) is 0 Å². The summed E-state index contributed by atoms with van der Waals surface area (Å²) in [5.74, 6) is 0.946. The summed E-state index contributed by atoms with van der Waals surface area (Å²) in [5, 5.41) is 0. The molecule has 2 N–H and O–H groups in total. The largest absolute Gasteiger partial charge is 0.399 e. The van der Waals surface area contributed by atoms with Gasteiger partial charge in [-0.05, 0) is 37.0 Å². The molecule has 2 atom stereocenters. The van der Waals surface area contributed by atoms with Gasteiger partial charge in [0.25, 0.3) is 0 Å². The Kier molecular flexibility index (Phi) is 5.62. The smallest absolute Gasteiger partial charge is 0.223 e. The lowest BCUT2D eigenvalue weighted by Gasteiger charge is -2.25. The number of ether oxygens (including phenoxy) is 1. The first-order valence-electron chi connectivity index (χ1n) is 7.81. The Morgan fingerprint density at radius 2 is 2.14 bits per heavy atom. The highest BCUT2D eigenvalue weighted by Gasteiger charge is 2.22. The maximum absolute atomic E-state index is 12.5. The lowest BCUT2D eigenvalue weighted by Crippen LogP contribution is -2.36. The van der Waals surface area contributed by atoms with Crippen LogP contribution in [-0.4, -0.2) is 37.1 Å². The van der Waals surface area contributed by atoms with Crippen molar-refractivity contribution in [3.8, 4) is 0 Å². The number of hydrogen-bond donors (Lipinski definition) is 1. The monoisotopic (exact) mass is 290 g/mol. The fourth-order valence-corrected chi connectivity index (χ4v) is 2.78. The normalized spacial score (nSPS) is 19.4. The van der Waals surface area contributed by atoms with E-state index in [0.717, 1.165) is 44.0 Å². The molecule has 1 fully saturated rings. The number of rotatable bonds is 6. The molecule has 0 radical (unpaired) electrons. The highest BCUT2D eigenvalue weighted by molar-refractivity contribution is 5.77. The Morgan fingerprint density at radius 3 is 2.71 bits per heavy atom. The molecule has 1 saturated heterocycles. The van der Waals surface area contributed by atoms with Gasteiger partial charge >= 0.3 is 0 Å². The topological polar surface area (TPSA) is 55.6 Å². The summed E-state index contributed by atoms with van der Waals surface area (Å²) in [6.07, 6.45) is 1.61. The Balaban J connectivity index is 1.89. The van der Waals surface area contributed by atoms with E-state index in [-0.39, 0.29) is 11.8 Å². The van der Waals surface area contributed by atoms with Gasteiger partial charge in [0.1, 0.15) is 0 Å². The van der Waals surface area contributed by atoms with E-state index in [0.29, 0.717) is 12.3 Å². The summed E-state index contributed by atoms with van der Waals surface area (Å²) >= 11 is 0. The lowest BCUT2D eigenvalue weighted by atomic mass is 9.96. The molecule has 0 bridgehead atoms. The van der Waals surface area contributed by atoms with Gasteiger partial charge in [0.2, 0.25) is 5.91 Å². The van der Waals surface area contributed by atoms with Crippen LogP contribution in [0.5, 0.6) is 0 Å². The van der Waals surface area contributed by atoms with Crippen LogP contribution in [0.3, 0.4) is 0 Å². The van der Waals surface area contributed by atoms with Crippen molar-refractivity contribution in [1.82, 2.24) is 4.90 Å². The van der Waals surface area contributed by atoms with Crippen LogP contribution in [0.15, 0.2) is 24.3 Å². The molecule has 1 aromatic rings. The summed E-state index contributed by atoms with van der Waals surface area (Å²) < 4.78 is 5.39. The molecule has 2 unspecified atom stereocenters. The van der Waals surface area contributed by atoms with E-state index in [4.69, 9.17) is 10.5 Å². The van der Waals surface area contributed by atoms with Gasteiger partial charge in [0.15, 0.2) is 0 Å². The second-order valence-electron chi connectivity index (χ2n) is 5.93. The maximum Gasteiger partial charge on any atom is 0.223 e. The van der Waals surface area contributed by atoms with Gasteiger partial charge in [0, 0.05) is 37.7 Å². The molecule has 0 aromatic heterocycles. The van der Waals surface area contributed by atoms with Crippen LogP contribution >= 0.6 is 0 Å². The van der Waals surface area contributed by atoms with E-state index >= 15 is 0 Å². The molecular formula is C17H26N2O2. The predicted octanol–water partition coefficient (Wildman–Crippen LogP) is 2.65. The fraction of sp³-hybridized carbons (Fsp3) is 0.588. The second-order valence-corrected chi connectivity index (χ2v) is 5.93. The number of benzene rings is 1. The van der Waals surface area contributed by atoms with Crippen molar-refractivity contribution < 1.29 is 9.53 Å². The van der Waals surface area contributed by atoms with Crippen LogP contribution < -0.4 is 5.73 Å². The second kappa shape index (κ2) is 7.46. The molecule has 1 aliphatic rings. The molecule has 4 heteroatoms. The van der Waals surface area contributed by atoms with Crippen molar-refractivity contribution in [2.45, 2.75) is 32.6 Å². The zero-order valence-electron chi connectivity index (χ0n) is 13.0. The first-order chi connectivity index (χ1) is 10.1. The highest BCUT2D eigenvalue weighted by atomic mass is 16.5. The van der Waals surface area contributed by atoms with Crippen molar-refractivity contribution in [2.75, 3.05) is 32.0 Å². The average Bonchev–Trinajstić information content (AvgIpc) is 2.98. The summed E-state index contributed by atoms with van der Waals surface area (Å²) in [5.41, 5.74) is 7.62. The first kappa shape index (κ1) is 15.8. The van der Waals surface area contributed by atoms with Crippen molar-refractivity contribution in [2.24, 2.45) is 5.92 Å². The van der Waals surface area contributed by atoms with E-state index in [1.54, 1.807) is 0 Å². The fourth-order valence-electron chi connectivity index (χ4n) is 2.78. The molecular weight excluding hydrogens is 264 g/mol. The average molecular weight is 290 g/mol. The Hall–Kier alpha value is -1.55. The predicted molar refractivity (Wildman–Crippen MR) is 85.1 cm³/mol. The van der Waals surface area contributed by atoms with Gasteiger partial charge < -0.3 is 15.4 Å². The number of nitrogens with zero attached hydrogens (tertiary/aromatic N) is 1. The van der Waals surface area contributed by atoms with Crippen molar-refractivity contribution >= 4 is 11.6 Å². The molecule has 1 amide bonds. The third kappa shape index (κ3) is 4.46. The first-order valence-corrected chi connectivity index (χ1v) is 7.81. The minimum absolute atomic E-state index is 0.215. The number of nitrogen functional groups attached to an aromatic ring is 1. The number of carbonyl (C=O) groups is 1. The third-order valence-electron chi connectivity index (χ3n) is 4.22. The molecule has 1 heterocycles. The molecule has 0 saturated carbocycles. The Labute approximate surface area is 127 Å². The van der Waals surface area contributed by atoms with Gasteiger partial charge in [-0.3, -0.25) is 4.79 Å². The SMILES string of the molecule is CCN(CC1CCOC1)C(=O)CC(C)c1ccc(N)cc1. The third-order valence-corrected chi connectivity index (χ3v) is 4.22. The van der Waals surface area contributed by atoms with Gasteiger partial charge in [-0.15, -0.1) is 0 Å². The molecule has 1 aliphatic heterocycles. The number of hydrogen-bond acceptors (Lipinski definition) is 3. The van der Waals surface area contributed by atoms with Crippen LogP contribution in [0.2, 0.25) is 0 Å². The molecule has 0 aliphatic carbocycles. The number of carbonyl (C=O) groups excluding carboxylic acids is 1. The van der Waals surface area contributed by atoms with E-state index in [9.17, 15) is 4.79 Å². The van der Waals surface area contributed by atoms with Crippen LogP contribution in [0.4, 0.5) is 5.69 Å². The lowest BCUT2D eigenvalue weighted by molar-refractivity contribution is -0.132. The van der Waals surface area contributed by atoms with Crippen molar-refractivity contribution in [3.05, 3.63) is 29.8 Å². The van der Waals surface area contributed by atoms with Crippen LogP contribution in [0.1, 0.15) is 38.2 Å². The number of nitrogens with two attached hydrogens (primary N) is 1. The van der Waals surface area contributed by atoms with Crippen LogP contribution in [-0.2, 0) is 9.53 Å². The van der Waals surface area contributed by atoms with Gasteiger partial charge in [0.05, 0.1) is 6.61 Å². The molecule has 0 spiro atoms. The van der Waals surface area contributed by atoms with E-state index in [1.165, 1.54) is 0 Å². The molecule has 1 aromatic carbocycles. The van der Waals surface area contributed by atoms with E-state index in [1.807, 2.05) is 36.1 Å². The van der Waals surface area contributed by atoms with Crippen molar-refractivity contribution in [3.63, 3.8) is 0 Å². The highest BCUT2D eigenvalue weighted by Crippen LogP contribution is 2.22. The summed E-state index contributed by atoms with van der Waals surface area (Å²) in [6.45, 7) is 7.35. The molecule has 2 rings (SSSR count). The quantitative estimate of drug-likeness (QED) is 0.819. The molecule has 116 valence electrons. The Bertz CT molecular complexity index is 452. The van der Waals surface area contributed by atoms with Crippen molar-refractivity contribution in [1.29, 1.82) is 0 Å². The summed E-state index contributed by atoms with van der Waals surface area (Å²) in [4.78, 5) is 14.4. The zero-order chi connectivity index (χ0) is 15.2. The standard InChI is InChI=1S/C17H26N2O2/c1-3-19(11-14-8-9-21-12-14)17(20)10-13(2)15-4-6-16(18)7-5-15/h4-7,13-14H,3,8-12,18H2,1-2H3. The number of anilines is 1. The summed E-state index contributed by atoms with van der Waals surface area (Å²) in [6, 6.07) is 7.80. The van der Waals surface area contributed by atoms with E-state index < -0.39 is 0 Å². The molecule has 21 heavy (non-hydrogen) atoms. The van der Waals surface area contributed by atoms with Gasteiger partial charge in [-0.2, -0.15) is 0 Å². The minimum atomic E-state index is 0.215. The summed E-state index contributed by atoms with van der Waals surface area (Å²) in [7, 11) is 0. The Morgan fingerprint density at radius 1 is 1.43 bits per heavy atom. The number of amides is 1. The minimum Gasteiger partial charge on any atom is -0.399 e. The van der Waals surface area contributed by atoms with Gasteiger partial charge in [-0.25, -0.2) is 0 Å². The van der Waals surface area contributed by atoms with Crippen LogP contribution in [0, 0.1) is 5.92 Å². The molecule has 4 nitrogen and oxygen atoms in total. The maximum atomic E-state index is 12.5. The van der Waals surface area contributed by atoms with E-state index in [2.05, 4.69) is 6.92 Å².